The number of thiazole rings is 1. The Morgan fingerprint density at radius 3 is 2.65 bits per heavy atom. The smallest absolute Gasteiger partial charge is 0.213 e. The Morgan fingerprint density at radius 1 is 1.23 bits per heavy atom. The molecule has 2 N–H and O–H groups in total. The molecule has 7 nitrogen and oxygen atoms in total. The molecule has 0 amide bonds. The first-order valence-corrected chi connectivity index (χ1v) is 9.45. The number of aromatic nitrogens is 2. The van der Waals surface area contributed by atoms with E-state index in [9.17, 15) is 0 Å². The molecule has 0 saturated heterocycles. The van der Waals surface area contributed by atoms with Crippen LogP contribution >= 0.6 is 11.3 Å². The zero-order chi connectivity index (χ0) is 18.8. The molecule has 0 radical (unpaired) electrons. The summed E-state index contributed by atoms with van der Waals surface area (Å²) in [5, 5.41) is 9.72. The molecule has 26 heavy (non-hydrogen) atoms. The van der Waals surface area contributed by atoms with Gasteiger partial charge in [0.2, 0.25) is 5.88 Å². The minimum atomic E-state index is 0.450. The van der Waals surface area contributed by atoms with E-state index in [0.717, 1.165) is 22.2 Å². The molecule has 2 aromatic heterocycles. The van der Waals surface area contributed by atoms with Crippen LogP contribution in [0.3, 0.4) is 0 Å². The van der Waals surface area contributed by atoms with E-state index in [2.05, 4.69) is 44.8 Å². The summed E-state index contributed by atoms with van der Waals surface area (Å²) in [7, 11) is 3.39. The molecule has 0 aromatic carbocycles. The van der Waals surface area contributed by atoms with Gasteiger partial charge in [0.1, 0.15) is 11.6 Å². The van der Waals surface area contributed by atoms with Gasteiger partial charge in [-0.1, -0.05) is 19.9 Å². The third kappa shape index (κ3) is 6.61. The first kappa shape index (κ1) is 20.1. The topological polar surface area (TPSA) is 80.7 Å². The van der Waals surface area contributed by atoms with Crippen LogP contribution in [0.4, 0.5) is 0 Å². The summed E-state index contributed by atoms with van der Waals surface area (Å²) < 4.78 is 10.4. The molecule has 0 saturated carbocycles. The Kier molecular flexibility index (Phi) is 8.30. The van der Waals surface area contributed by atoms with Crippen molar-refractivity contribution in [3.05, 3.63) is 40.0 Å². The number of aliphatic imine (C=N–C) groups is 1. The molecule has 0 atom stereocenters. The minimum absolute atomic E-state index is 0.450. The monoisotopic (exact) mass is 377 g/mol. The van der Waals surface area contributed by atoms with Crippen LogP contribution < -0.4 is 15.4 Å². The molecule has 0 unspecified atom stereocenters. The molecule has 2 aromatic rings. The number of ether oxygens (including phenoxy) is 2. The fourth-order valence-electron chi connectivity index (χ4n) is 2.07. The summed E-state index contributed by atoms with van der Waals surface area (Å²) in [6.07, 6.45) is 1.79. The number of nitrogens with one attached hydrogen (secondary N) is 2. The maximum absolute atomic E-state index is 5.46. The van der Waals surface area contributed by atoms with Gasteiger partial charge in [-0.2, -0.15) is 0 Å². The van der Waals surface area contributed by atoms with Gasteiger partial charge < -0.3 is 20.1 Å². The van der Waals surface area contributed by atoms with Crippen LogP contribution in [0.2, 0.25) is 0 Å². The van der Waals surface area contributed by atoms with E-state index in [0.29, 0.717) is 38.1 Å². The van der Waals surface area contributed by atoms with Crippen molar-refractivity contribution in [2.24, 2.45) is 4.99 Å². The highest BCUT2D eigenvalue weighted by molar-refractivity contribution is 7.09. The third-order valence-electron chi connectivity index (χ3n) is 3.59. The first-order chi connectivity index (χ1) is 12.6. The fourth-order valence-corrected chi connectivity index (χ4v) is 2.96. The molecule has 0 aliphatic carbocycles. The average molecular weight is 378 g/mol. The van der Waals surface area contributed by atoms with E-state index in [1.54, 1.807) is 31.7 Å². The minimum Gasteiger partial charge on any atom is -0.475 e. The van der Waals surface area contributed by atoms with E-state index >= 15 is 0 Å². The predicted molar refractivity (Wildman–Crippen MR) is 105 cm³/mol. The first-order valence-electron chi connectivity index (χ1n) is 8.58. The highest BCUT2D eigenvalue weighted by Gasteiger charge is 2.06. The molecule has 0 bridgehead atoms. The molecular weight excluding hydrogens is 350 g/mol. The molecule has 2 heterocycles. The van der Waals surface area contributed by atoms with Crippen molar-refractivity contribution in [3.63, 3.8) is 0 Å². The van der Waals surface area contributed by atoms with Gasteiger partial charge >= 0.3 is 0 Å². The Hall–Kier alpha value is -2.19. The van der Waals surface area contributed by atoms with Crippen LogP contribution in [0, 0.1) is 0 Å². The van der Waals surface area contributed by atoms with Gasteiger partial charge in [-0.15, -0.1) is 11.3 Å². The summed E-state index contributed by atoms with van der Waals surface area (Å²) in [6.45, 7) is 6.61. The lowest BCUT2D eigenvalue weighted by Gasteiger charge is -2.11. The van der Waals surface area contributed by atoms with Crippen LogP contribution in [0.15, 0.2) is 28.7 Å². The summed E-state index contributed by atoms with van der Waals surface area (Å²) in [5.41, 5.74) is 2.18. The van der Waals surface area contributed by atoms with Gasteiger partial charge in [0.15, 0.2) is 5.96 Å². The van der Waals surface area contributed by atoms with Crippen LogP contribution in [-0.2, 0) is 17.8 Å². The second kappa shape index (κ2) is 10.7. The van der Waals surface area contributed by atoms with Crippen molar-refractivity contribution in [2.45, 2.75) is 32.9 Å². The Balaban J connectivity index is 1.77. The molecule has 0 spiro atoms. The Morgan fingerprint density at radius 2 is 2.04 bits per heavy atom. The van der Waals surface area contributed by atoms with Crippen molar-refractivity contribution in [2.75, 3.05) is 27.4 Å². The van der Waals surface area contributed by atoms with E-state index in [-0.39, 0.29) is 0 Å². The number of guanidine groups is 1. The second-order valence-electron chi connectivity index (χ2n) is 5.95. The van der Waals surface area contributed by atoms with E-state index in [4.69, 9.17) is 9.47 Å². The van der Waals surface area contributed by atoms with Gasteiger partial charge in [-0.3, -0.25) is 4.99 Å². The quantitative estimate of drug-likeness (QED) is 0.397. The van der Waals surface area contributed by atoms with Gasteiger partial charge in [-0.05, 0) is 11.5 Å². The van der Waals surface area contributed by atoms with Crippen LogP contribution in [0.5, 0.6) is 5.88 Å². The second-order valence-corrected chi connectivity index (χ2v) is 6.89. The van der Waals surface area contributed by atoms with Gasteiger partial charge in [0.25, 0.3) is 0 Å². The number of methoxy groups -OCH3 is 1. The van der Waals surface area contributed by atoms with E-state index in [1.165, 1.54) is 0 Å². The molecule has 0 aliphatic heterocycles. The Labute approximate surface area is 158 Å². The van der Waals surface area contributed by atoms with Crippen LogP contribution in [0.25, 0.3) is 0 Å². The largest absolute Gasteiger partial charge is 0.475 e. The third-order valence-corrected chi connectivity index (χ3v) is 4.45. The predicted octanol–water partition coefficient (Wildman–Crippen LogP) is 2.55. The highest BCUT2D eigenvalue weighted by Crippen LogP contribution is 2.17. The van der Waals surface area contributed by atoms with Gasteiger partial charge in [0.05, 0.1) is 18.8 Å². The molecule has 2 rings (SSSR count). The number of hydrogen-bond acceptors (Lipinski definition) is 6. The normalized spacial score (nSPS) is 11.7. The molecule has 8 heteroatoms. The number of hydrogen-bond donors (Lipinski definition) is 2. The highest BCUT2D eigenvalue weighted by atomic mass is 32.1. The lowest BCUT2D eigenvalue weighted by molar-refractivity contribution is 0.143. The summed E-state index contributed by atoms with van der Waals surface area (Å²) in [4.78, 5) is 13.1. The van der Waals surface area contributed by atoms with Crippen LogP contribution in [-0.4, -0.2) is 43.3 Å². The maximum Gasteiger partial charge on any atom is 0.213 e. The molecule has 0 aliphatic rings. The van der Waals surface area contributed by atoms with E-state index < -0.39 is 0 Å². The van der Waals surface area contributed by atoms with Crippen molar-refractivity contribution >= 4 is 17.3 Å². The Bertz CT molecular complexity index is 685. The number of nitrogens with zero attached hydrogens (tertiary/aromatic N) is 3. The standard InChI is InChI=1S/C18H27N5O2S/c1-13(2)15-12-26-17(23-15)11-22-18(19-3)21-10-14-5-6-16(20-9-14)25-8-7-24-4/h5-6,9,12-13H,7-8,10-11H2,1-4H3,(H2,19,21,22). The van der Waals surface area contributed by atoms with Gasteiger partial charge in [-0.25, -0.2) is 9.97 Å². The number of rotatable bonds is 9. The molecule has 0 fully saturated rings. The van der Waals surface area contributed by atoms with E-state index in [1.807, 2.05) is 12.1 Å². The summed E-state index contributed by atoms with van der Waals surface area (Å²) in [5.74, 6) is 1.77. The number of pyridine rings is 1. The zero-order valence-corrected chi connectivity index (χ0v) is 16.6. The molecule has 142 valence electrons. The summed E-state index contributed by atoms with van der Waals surface area (Å²) >= 11 is 1.67. The average Bonchev–Trinajstić information content (AvgIpc) is 3.12. The van der Waals surface area contributed by atoms with Crippen molar-refractivity contribution < 1.29 is 9.47 Å². The van der Waals surface area contributed by atoms with Crippen molar-refractivity contribution in [3.8, 4) is 5.88 Å². The SMILES string of the molecule is CN=C(NCc1ccc(OCCOC)nc1)NCc1nc(C(C)C)cs1. The lowest BCUT2D eigenvalue weighted by Crippen LogP contribution is -2.36. The van der Waals surface area contributed by atoms with Crippen LogP contribution in [0.1, 0.15) is 36.0 Å². The van der Waals surface area contributed by atoms with Crippen molar-refractivity contribution in [1.82, 2.24) is 20.6 Å². The fraction of sp³-hybridized carbons (Fsp3) is 0.500. The van der Waals surface area contributed by atoms with Gasteiger partial charge in [0, 0.05) is 38.3 Å². The maximum atomic E-state index is 5.46. The summed E-state index contributed by atoms with van der Waals surface area (Å²) in [6, 6.07) is 3.83. The lowest BCUT2D eigenvalue weighted by atomic mass is 10.2. The molecular formula is C18H27N5O2S. The van der Waals surface area contributed by atoms with Crippen molar-refractivity contribution in [1.29, 1.82) is 0 Å². The zero-order valence-electron chi connectivity index (χ0n) is 15.8.